The van der Waals surface area contributed by atoms with Gasteiger partial charge in [-0.3, -0.25) is 9.69 Å². The molecule has 4 rings (SSSR count). The van der Waals surface area contributed by atoms with E-state index in [1.165, 1.54) is 0 Å². The summed E-state index contributed by atoms with van der Waals surface area (Å²) in [7, 11) is 0. The lowest BCUT2D eigenvalue weighted by Crippen LogP contribution is -2.41. The normalized spacial score (nSPS) is 20.3. The summed E-state index contributed by atoms with van der Waals surface area (Å²) in [6.07, 6.45) is -0.527. The highest BCUT2D eigenvalue weighted by Crippen LogP contribution is 2.26. The second-order valence-corrected chi connectivity index (χ2v) is 6.96. The van der Waals surface area contributed by atoms with Crippen LogP contribution < -0.4 is 9.80 Å². The summed E-state index contributed by atoms with van der Waals surface area (Å²) in [5.41, 5.74) is 3.89. The Morgan fingerprint density at radius 2 is 1.59 bits per heavy atom. The molecule has 7 nitrogen and oxygen atoms in total. The number of hydrogen-bond acceptors (Lipinski definition) is 4. The number of rotatable bonds is 4. The molecule has 0 unspecified atom stereocenters. The minimum absolute atomic E-state index is 0.0490. The Morgan fingerprint density at radius 1 is 0.963 bits per heavy atom. The van der Waals surface area contributed by atoms with E-state index in [9.17, 15) is 9.59 Å². The molecule has 27 heavy (non-hydrogen) atoms. The Morgan fingerprint density at radius 3 is 2.22 bits per heavy atom. The predicted octanol–water partition coefficient (Wildman–Crippen LogP) is 2.49. The van der Waals surface area contributed by atoms with Crippen molar-refractivity contribution in [1.82, 2.24) is 4.57 Å². The Labute approximate surface area is 158 Å². The van der Waals surface area contributed by atoms with Crippen molar-refractivity contribution in [2.75, 3.05) is 36.1 Å². The van der Waals surface area contributed by atoms with E-state index >= 15 is 0 Å². The molecule has 142 valence electrons. The van der Waals surface area contributed by atoms with E-state index < -0.39 is 0 Å². The third kappa shape index (κ3) is 3.42. The molecule has 2 aliphatic rings. The number of carbonyl (C=O) groups excluding carboxylic acids is 2. The van der Waals surface area contributed by atoms with Gasteiger partial charge in [0.15, 0.2) is 0 Å². The molecular weight excluding hydrogens is 346 g/mol. The first-order valence-corrected chi connectivity index (χ1v) is 9.12. The zero-order chi connectivity index (χ0) is 19.0. The lowest BCUT2D eigenvalue weighted by atomic mass is 10.2. The molecule has 0 saturated carbocycles. The van der Waals surface area contributed by atoms with Gasteiger partial charge in [0.25, 0.3) is 5.91 Å². The van der Waals surface area contributed by atoms with Gasteiger partial charge in [0.05, 0.1) is 19.7 Å². The highest BCUT2D eigenvalue weighted by atomic mass is 16.6. The molecule has 2 saturated heterocycles. The number of benzene rings is 1. The van der Waals surface area contributed by atoms with Crippen LogP contribution in [0.5, 0.6) is 0 Å². The zero-order valence-electron chi connectivity index (χ0n) is 15.6. The van der Waals surface area contributed by atoms with Gasteiger partial charge in [-0.25, -0.2) is 4.79 Å². The maximum absolute atomic E-state index is 12.3. The lowest BCUT2D eigenvalue weighted by molar-refractivity contribution is -0.125. The Balaban J connectivity index is 1.45. The molecule has 7 heteroatoms. The van der Waals surface area contributed by atoms with Gasteiger partial charge in [-0.2, -0.15) is 0 Å². The Hall–Kier alpha value is -2.80. The third-order valence-electron chi connectivity index (χ3n) is 5.14. The van der Waals surface area contributed by atoms with E-state index in [4.69, 9.17) is 9.47 Å². The molecule has 0 N–H and O–H groups in total. The summed E-state index contributed by atoms with van der Waals surface area (Å²) in [6, 6.07) is 11.6. The van der Waals surface area contributed by atoms with Gasteiger partial charge in [-0.1, -0.05) is 0 Å². The first-order chi connectivity index (χ1) is 13.0. The van der Waals surface area contributed by atoms with Crippen LogP contribution in [0.1, 0.15) is 11.4 Å². The van der Waals surface area contributed by atoms with Gasteiger partial charge in [0.1, 0.15) is 12.7 Å². The second-order valence-electron chi connectivity index (χ2n) is 6.96. The molecule has 1 aromatic heterocycles. The van der Waals surface area contributed by atoms with E-state index in [0.717, 1.165) is 22.8 Å². The van der Waals surface area contributed by atoms with E-state index in [1.54, 1.807) is 9.80 Å². The summed E-state index contributed by atoms with van der Waals surface area (Å²) in [5, 5.41) is 0. The summed E-state index contributed by atoms with van der Waals surface area (Å²) in [6.45, 7) is 6.44. The highest BCUT2D eigenvalue weighted by molar-refractivity contribution is 5.95. The van der Waals surface area contributed by atoms with Crippen molar-refractivity contribution < 1.29 is 19.1 Å². The summed E-state index contributed by atoms with van der Waals surface area (Å²) in [4.78, 5) is 27.6. The van der Waals surface area contributed by atoms with Crippen molar-refractivity contribution >= 4 is 23.4 Å². The largest absolute Gasteiger partial charge is 0.442 e. The number of anilines is 2. The van der Waals surface area contributed by atoms with E-state index in [0.29, 0.717) is 26.2 Å². The van der Waals surface area contributed by atoms with Crippen LogP contribution in [0.2, 0.25) is 0 Å². The number of amides is 2. The average Bonchev–Trinajstić information content (AvgIpc) is 3.19. The standard InChI is InChI=1S/C20H23N3O4/c1-14-3-4-15(2)22(14)11-18-12-23(20(25)27-18)17-7-5-16(6-8-17)21-9-10-26-13-19(21)24/h3-8,18H,9-13H2,1-2H3/t18-/m0/s1. The Kier molecular flexibility index (Phi) is 4.61. The third-order valence-corrected chi connectivity index (χ3v) is 5.14. The molecule has 0 radical (unpaired) electrons. The van der Waals surface area contributed by atoms with Crippen LogP contribution in [0.4, 0.5) is 16.2 Å². The summed E-state index contributed by atoms with van der Waals surface area (Å²) in [5.74, 6) is -0.0490. The molecule has 1 aromatic carbocycles. The van der Waals surface area contributed by atoms with Crippen LogP contribution in [0, 0.1) is 13.8 Å². The van der Waals surface area contributed by atoms with Crippen LogP contribution in [-0.2, 0) is 20.8 Å². The first kappa shape index (κ1) is 17.6. The van der Waals surface area contributed by atoms with Crippen LogP contribution in [-0.4, -0.2) is 49.0 Å². The van der Waals surface area contributed by atoms with Gasteiger partial charge in [-0.05, 0) is 50.2 Å². The van der Waals surface area contributed by atoms with Crippen LogP contribution >= 0.6 is 0 Å². The van der Waals surface area contributed by atoms with Crippen molar-refractivity contribution in [3.05, 3.63) is 47.8 Å². The quantitative estimate of drug-likeness (QED) is 0.831. The molecule has 1 atom stereocenters. The molecular formula is C20H23N3O4. The number of cyclic esters (lactones) is 1. The van der Waals surface area contributed by atoms with E-state index in [1.807, 2.05) is 38.1 Å². The topological polar surface area (TPSA) is 64.0 Å². The van der Waals surface area contributed by atoms with Crippen molar-refractivity contribution in [1.29, 1.82) is 0 Å². The SMILES string of the molecule is Cc1ccc(C)n1C[C@H]1CN(c2ccc(N3CCOCC3=O)cc2)C(=O)O1. The fraction of sp³-hybridized carbons (Fsp3) is 0.400. The van der Waals surface area contributed by atoms with Gasteiger partial charge in [0, 0.05) is 29.3 Å². The molecule has 0 aliphatic carbocycles. The van der Waals surface area contributed by atoms with Crippen molar-refractivity contribution in [2.45, 2.75) is 26.5 Å². The van der Waals surface area contributed by atoms with E-state index in [2.05, 4.69) is 16.7 Å². The lowest BCUT2D eigenvalue weighted by Gasteiger charge is -2.27. The summed E-state index contributed by atoms with van der Waals surface area (Å²) < 4.78 is 12.9. The van der Waals surface area contributed by atoms with Crippen LogP contribution in [0.3, 0.4) is 0 Å². The molecule has 2 amide bonds. The molecule has 3 heterocycles. The fourth-order valence-electron chi connectivity index (χ4n) is 3.62. The predicted molar refractivity (Wildman–Crippen MR) is 101 cm³/mol. The van der Waals surface area contributed by atoms with Crippen molar-refractivity contribution in [3.63, 3.8) is 0 Å². The average molecular weight is 369 g/mol. The molecule has 2 aromatic rings. The zero-order valence-corrected chi connectivity index (χ0v) is 15.6. The van der Waals surface area contributed by atoms with Crippen molar-refractivity contribution in [3.8, 4) is 0 Å². The minimum atomic E-state index is -0.335. The Bertz CT molecular complexity index is 839. The monoisotopic (exact) mass is 369 g/mol. The highest BCUT2D eigenvalue weighted by Gasteiger charge is 2.33. The maximum Gasteiger partial charge on any atom is 0.414 e. The van der Waals surface area contributed by atoms with E-state index in [-0.39, 0.29) is 24.7 Å². The van der Waals surface area contributed by atoms with Crippen molar-refractivity contribution in [2.24, 2.45) is 0 Å². The van der Waals surface area contributed by atoms with Gasteiger partial charge in [0.2, 0.25) is 0 Å². The maximum atomic E-state index is 12.3. The minimum Gasteiger partial charge on any atom is -0.442 e. The molecule has 2 aliphatic heterocycles. The fourth-order valence-corrected chi connectivity index (χ4v) is 3.62. The number of morpholine rings is 1. The van der Waals surface area contributed by atoms with Gasteiger partial charge < -0.3 is 18.9 Å². The number of carbonyl (C=O) groups is 2. The number of aromatic nitrogens is 1. The van der Waals surface area contributed by atoms with Crippen LogP contribution in [0.25, 0.3) is 0 Å². The molecule has 0 spiro atoms. The first-order valence-electron chi connectivity index (χ1n) is 9.12. The summed E-state index contributed by atoms with van der Waals surface area (Å²) >= 11 is 0. The number of hydrogen-bond donors (Lipinski definition) is 0. The van der Waals surface area contributed by atoms with Gasteiger partial charge in [-0.15, -0.1) is 0 Å². The smallest absolute Gasteiger partial charge is 0.414 e. The van der Waals surface area contributed by atoms with Crippen LogP contribution in [0.15, 0.2) is 36.4 Å². The second kappa shape index (κ2) is 7.08. The molecule has 2 fully saturated rings. The van der Waals surface area contributed by atoms with Gasteiger partial charge >= 0.3 is 6.09 Å². The molecule has 0 bridgehead atoms. The number of aryl methyl sites for hydroxylation is 2. The number of nitrogens with zero attached hydrogens (tertiary/aromatic N) is 3. The number of ether oxygens (including phenoxy) is 2.